The molecule has 0 unspecified atom stereocenters. The molecular weight excluding hydrogens is 560 g/mol. The number of pyridine rings is 1. The zero-order chi connectivity index (χ0) is 30.4. The molecule has 0 saturated heterocycles. The molecule has 3 heterocycles. The van der Waals surface area contributed by atoms with E-state index in [9.17, 15) is 32.6 Å². The third kappa shape index (κ3) is 5.03. The number of rotatable bonds is 8. The van der Waals surface area contributed by atoms with Crippen molar-refractivity contribution < 1.29 is 42.0 Å². The van der Waals surface area contributed by atoms with Crippen molar-refractivity contribution in [1.29, 1.82) is 0 Å². The molecule has 0 saturated carbocycles. The Morgan fingerprint density at radius 3 is 2.57 bits per heavy atom. The Kier molecular flexibility index (Phi) is 7.37. The summed E-state index contributed by atoms with van der Waals surface area (Å²) in [6.45, 7) is 0.346. The summed E-state index contributed by atoms with van der Waals surface area (Å²) in [6, 6.07) is 10.4. The number of nitrogens with one attached hydrogen (secondary N) is 1. The summed E-state index contributed by atoms with van der Waals surface area (Å²) in [5, 5.41) is 23.2. The van der Waals surface area contributed by atoms with Gasteiger partial charge < -0.3 is 35.3 Å². The van der Waals surface area contributed by atoms with E-state index in [-0.39, 0.29) is 53.6 Å². The molecule has 13 heteroatoms. The highest BCUT2D eigenvalue weighted by atomic mass is 19.4. The molecular formula is C29H28F4N4O5. The molecule has 4 aromatic rings. The first-order valence-electron chi connectivity index (χ1n) is 12.9. The lowest BCUT2D eigenvalue weighted by atomic mass is 9.89. The molecule has 2 atom stereocenters. The van der Waals surface area contributed by atoms with Crippen LogP contribution < -0.4 is 20.5 Å². The van der Waals surface area contributed by atoms with E-state index in [0.29, 0.717) is 10.9 Å². The summed E-state index contributed by atoms with van der Waals surface area (Å²) >= 11 is 0. The molecule has 0 aliphatic carbocycles. The van der Waals surface area contributed by atoms with Gasteiger partial charge in [0.1, 0.15) is 23.9 Å². The van der Waals surface area contributed by atoms with Crippen molar-refractivity contribution in [2.75, 3.05) is 26.9 Å². The van der Waals surface area contributed by atoms with Crippen LogP contribution in [-0.4, -0.2) is 58.7 Å². The normalized spacial score (nSPS) is 17.9. The number of nitrogens with two attached hydrogens (primary N) is 1. The van der Waals surface area contributed by atoms with Crippen LogP contribution in [0.5, 0.6) is 11.5 Å². The number of alkyl halides is 3. The van der Waals surface area contributed by atoms with Crippen LogP contribution in [0.1, 0.15) is 28.5 Å². The Bertz CT molecular complexity index is 1650. The van der Waals surface area contributed by atoms with Gasteiger partial charge in [-0.15, -0.1) is 0 Å². The molecule has 0 radical (unpaired) electrons. The number of ether oxygens (including phenoxy) is 2. The van der Waals surface area contributed by atoms with Crippen LogP contribution in [0, 0.1) is 5.82 Å². The van der Waals surface area contributed by atoms with Gasteiger partial charge in [-0.2, -0.15) is 13.2 Å². The SMILES string of the molecule is COc1cc(C(=O)NC[C@@](O)(c2cc3c(c(-c4ccc(F)cc4)n2)OC[C@@]3(C)N)C(F)(F)F)cc2ccn(CCO)c12. The number of methoxy groups -OCH3 is 1. The molecule has 1 aliphatic heterocycles. The highest BCUT2D eigenvalue weighted by molar-refractivity contribution is 6.00. The lowest BCUT2D eigenvalue weighted by molar-refractivity contribution is -0.265. The van der Waals surface area contributed by atoms with E-state index in [2.05, 4.69) is 10.3 Å². The molecule has 2 aromatic carbocycles. The van der Waals surface area contributed by atoms with Gasteiger partial charge in [-0.25, -0.2) is 9.37 Å². The second-order valence-corrected chi connectivity index (χ2v) is 10.3. The predicted octanol–water partition coefficient (Wildman–Crippen LogP) is 3.59. The Morgan fingerprint density at radius 2 is 1.93 bits per heavy atom. The lowest BCUT2D eigenvalue weighted by Gasteiger charge is -2.31. The summed E-state index contributed by atoms with van der Waals surface area (Å²) < 4.78 is 70.1. The third-order valence-electron chi connectivity index (χ3n) is 7.27. The fourth-order valence-electron chi connectivity index (χ4n) is 4.95. The Morgan fingerprint density at radius 1 is 1.21 bits per heavy atom. The van der Waals surface area contributed by atoms with E-state index < -0.39 is 41.3 Å². The van der Waals surface area contributed by atoms with Crippen LogP contribution in [0.4, 0.5) is 17.6 Å². The van der Waals surface area contributed by atoms with Crippen molar-refractivity contribution in [1.82, 2.24) is 14.9 Å². The van der Waals surface area contributed by atoms with Gasteiger partial charge in [0, 0.05) is 34.8 Å². The highest BCUT2D eigenvalue weighted by Crippen LogP contribution is 2.46. The Labute approximate surface area is 237 Å². The summed E-state index contributed by atoms with van der Waals surface area (Å²) in [7, 11) is 1.38. The summed E-state index contributed by atoms with van der Waals surface area (Å²) in [4.78, 5) is 17.2. The number of aliphatic hydroxyl groups is 2. The number of benzene rings is 2. The van der Waals surface area contributed by atoms with E-state index in [0.717, 1.165) is 18.2 Å². The lowest BCUT2D eigenvalue weighted by Crippen LogP contribution is -2.51. The zero-order valence-corrected chi connectivity index (χ0v) is 22.6. The summed E-state index contributed by atoms with van der Waals surface area (Å²) in [5.74, 6) is -1.07. The van der Waals surface area contributed by atoms with Gasteiger partial charge in [0.15, 0.2) is 5.75 Å². The van der Waals surface area contributed by atoms with Crippen LogP contribution in [0.25, 0.3) is 22.2 Å². The number of halogens is 4. The number of aliphatic hydroxyl groups excluding tert-OH is 1. The molecule has 5 N–H and O–H groups in total. The fourth-order valence-corrected chi connectivity index (χ4v) is 4.95. The van der Waals surface area contributed by atoms with E-state index in [1.807, 2.05) is 0 Å². The van der Waals surface area contributed by atoms with Gasteiger partial charge in [0.05, 0.1) is 37.0 Å². The molecule has 1 amide bonds. The van der Waals surface area contributed by atoms with Crippen molar-refractivity contribution in [3.63, 3.8) is 0 Å². The topological polar surface area (TPSA) is 132 Å². The molecule has 5 rings (SSSR count). The van der Waals surface area contributed by atoms with Crippen molar-refractivity contribution in [2.45, 2.75) is 30.8 Å². The monoisotopic (exact) mass is 588 g/mol. The number of carbonyl (C=O) groups is 1. The standard InChI is InChI=1S/C29H28F4N4O5/c1-27(34)15-42-25-20(27)13-22(36-23(25)16-3-5-19(30)6-4-16)28(40,29(31,32)33)14-35-26(39)18-11-17-7-8-37(9-10-38)24(17)21(12-18)41-2/h3-8,11-13,38,40H,9-10,14-15,34H2,1-2H3,(H,35,39)/t27-,28-/m1/s1. The number of hydrogen-bond acceptors (Lipinski definition) is 7. The fraction of sp³-hybridized carbons (Fsp3) is 0.310. The average molecular weight is 589 g/mol. The van der Waals surface area contributed by atoms with Crippen LogP contribution >= 0.6 is 0 Å². The number of fused-ring (bicyclic) bond motifs is 2. The van der Waals surface area contributed by atoms with E-state index >= 15 is 0 Å². The first-order valence-corrected chi connectivity index (χ1v) is 12.9. The van der Waals surface area contributed by atoms with Gasteiger partial charge in [-0.3, -0.25) is 4.79 Å². The van der Waals surface area contributed by atoms with Gasteiger partial charge in [-0.05, 0) is 55.5 Å². The number of nitrogens with zero attached hydrogens (tertiary/aromatic N) is 2. The van der Waals surface area contributed by atoms with Crippen molar-refractivity contribution >= 4 is 16.8 Å². The van der Waals surface area contributed by atoms with Crippen LogP contribution in [0.2, 0.25) is 0 Å². The second-order valence-electron chi connectivity index (χ2n) is 10.3. The molecule has 9 nitrogen and oxygen atoms in total. The molecule has 222 valence electrons. The molecule has 1 aliphatic rings. The first kappa shape index (κ1) is 29.3. The number of hydrogen-bond donors (Lipinski definition) is 4. The summed E-state index contributed by atoms with van der Waals surface area (Å²) in [6.07, 6.45) is -3.60. The van der Waals surface area contributed by atoms with Crippen molar-refractivity contribution in [3.05, 3.63) is 77.4 Å². The van der Waals surface area contributed by atoms with Crippen molar-refractivity contribution in [3.8, 4) is 22.8 Å². The highest BCUT2D eigenvalue weighted by Gasteiger charge is 2.57. The van der Waals surface area contributed by atoms with Crippen LogP contribution in [0.3, 0.4) is 0 Å². The predicted molar refractivity (Wildman–Crippen MR) is 145 cm³/mol. The van der Waals surface area contributed by atoms with Crippen molar-refractivity contribution in [2.24, 2.45) is 5.73 Å². The number of carbonyl (C=O) groups excluding carboxylic acids is 1. The zero-order valence-electron chi connectivity index (χ0n) is 22.6. The second kappa shape index (κ2) is 10.6. The maximum absolute atomic E-state index is 14.6. The third-order valence-corrected chi connectivity index (χ3v) is 7.27. The minimum absolute atomic E-state index is 0.0116. The Balaban J connectivity index is 1.53. The molecule has 42 heavy (non-hydrogen) atoms. The van der Waals surface area contributed by atoms with Crippen LogP contribution in [0.15, 0.2) is 54.7 Å². The van der Waals surface area contributed by atoms with Crippen LogP contribution in [-0.2, 0) is 17.7 Å². The van der Waals surface area contributed by atoms with E-state index in [1.165, 1.54) is 31.4 Å². The molecule has 0 bridgehead atoms. The summed E-state index contributed by atoms with van der Waals surface area (Å²) in [5.41, 5.74) is 1.57. The van der Waals surface area contributed by atoms with Gasteiger partial charge in [0.25, 0.3) is 5.91 Å². The van der Waals surface area contributed by atoms with E-state index in [4.69, 9.17) is 15.2 Å². The van der Waals surface area contributed by atoms with Gasteiger partial charge in [0.2, 0.25) is 5.60 Å². The molecule has 0 fully saturated rings. The first-order chi connectivity index (χ1) is 19.8. The molecule has 2 aromatic heterocycles. The maximum atomic E-state index is 14.6. The minimum Gasteiger partial charge on any atom is -0.495 e. The quantitative estimate of drug-likeness (QED) is 0.232. The number of aromatic nitrogens is 2. The number of amides is 1. The average Bonchev–Trinajstić information content (AvgIpc) is 3.50. The smallest absolute Gasteiger partial charge is 0.424 e. The minimum atomic E-state index is -5.28. The largest absolute Gasteiger partial charge is 0.495 e. The van der Waals surface area contributed by atoms with E-state index in [1.54, 1.807) is 23.8 Å². The maximum Gasteiger partial charge on any atom is 0.424 e. The molecule has 0 spiro atoms. The van der Waals surface area contributed by atoms with Gasteiger partial charge >= 0.3 is 6.18 Å². The van der Waals surface area contributed by atoms with Gasteiger partial charge in [-0.1, -0.05) is 0 Å². The Hall–Kier alpha value is -4.20.